The van der Waals surface area contributed by atoms with E-state index in [-0.39, 0.29) is 0 Å². The third-order valence-electron chi connectivity index (χ3n) is 9.32. The summed E-state index contributed by atoms with van der Waals surface area (Å²) in [7, 11) is 0. The predicted molar refractivity (Wildman–Crippen MR) is 211 cm³/mol. The maximum Gasteiger partial charge on any atom is 0.238 e. The molecule has 0 bridgehead atoms. The average Bonchev–Trinajstić information content (AvgIpc) is 3.77. The lowest BCUT2D eigenvalue weighted by atomic mass is 10.0. The lowest BCUT2D eigenvalue weighted by molar-refractivity contribution is 0.669. The van der Waals surface area contributed by atoms with E-state index in [1.165, 1.54) is 20.2 Å². The van der Waals surface area contributed by atoms with E-state index in [0.717, 1.165) is 55.6 Å². The minimum Gasteiger partial charge on any atom is -0.456 e. The molecule has 3 aromatic heterocycles. The van der Waals surface area contributed by atoms with Crippen LogP contribution in [0.4, 0.5) is 17.3 Å². The molecule has 0 aliphatic rings. The maximum absolute atomic E-state index is 6.38. The van der Waals surface area contributed by atoms with Gasteiger partial charge in [-0.3, -0.25) is 4.90 Å². The Morgan fingerprint density at radius 1 is 0.431 bits per heavy atom. The number of anilines is 3. The van der Waals surface area contributed by atoms with E-state index >= 15 is 0 Å². The van der Waals surface area contributed by atoms with E-state index < -0.39 is 0 Å². The fourth-order valence-electron chi connectivity index (χ4n) is 6.94. The molecule has 240 valence electrons. The van der Waals surface area contributed by atoms with Gasteiger partial charge in [-0.15, -0.1) is 11.3 Å². The number of thiophene rings is 1. The lowest BCUT2D eigenvalue weighted by Gasteiger charge is -2.25. The molecule has 0 atom stereocenters. The van der Waals surface area contributed by atoms with Crippen molar-refractivity contribution in [2.75, 3.05) is 4.90 Å². The van der Waals surface area contributed by atoms with Crippen LogP contribution in [0.25, 0.3) is 76.0 Å². The Balaban J connectivity index is 1.25. The highest BCUT2D eigenvalue weighted by molar-refractivity contribution is 7.25. The van der Waals surface area contributed by atoms with Crippen LogP contribution in [-0.2, 0) is 0 Å². The first-order chi connectivity index (χ1) is 25.3. The summed E-state index contributed by atoms with van der Waals surface area (Å²) < 4.78 is 8.88. The second-order valence-corrected chi connectivity index (χ2v) is 13.5. The summed E-state index contributed by atoms with van der Waals surface area (Å²) in [6.07, 6.45) is 0. The van der Waals surface area contributed by atoms with E-state index in [1.54, 1.807) is 11.3 Å². The Morgan fingerprint density at radius 3 is 1.92 bits per heavy atom. The minimum absolute atomic E-state index is 0.511. The summed E-state index contributed by atoms with van der Waals surface area (Å²) in [5.74, 6) is 1.71. The Bertz CT molecular complexity index is 2880. The van der Waals surface area contributed by atoms with Gasteiger partial charge < -0.3 is 4.42 Å². The number of hydrogen-bond acceptors (Lipinski definition) is 6. The zero-order valence-electron chi connectivity index (χ0n) is 27.3. The Hall–Kier alpha value is -6.63. The van der Waals surface area contributed by atoms with Crippen LogP contribution >= 0.6 is 11.3 Å². The predicted octanol–water partition coefficient (Wildman–Crippen LogP) is 12.6. The van der Waals surface area contributed by atoms with E-state index in [2.05, 4.69) is 108 Å². The van der Waals surface area contributed by atoms with E-state index in [4.69, 9.17) is 19.4 Å². The second-order valence-electron chi connectivity index (χ2n) is 12.5. The van der Waals surface area contributed by atoms with Crippen LogP contribution in [0.2, 0.25) is 0 Å². The number of aromatic nitrogens is 3. The van der Waals surface area contributed by atoms with Gasteiger partial charge in [-0.25, -0.2) is 4.98 Å². The second kappa shape index (κ2) is 12.1. The average molecular weight is 673 g/mol. The maximum atomic E-state index is 6.38. The van der Waals surface area contributed by atoms with Crippen molar-refractivity contribution < 1.29 is 4.42 Å². The molecule has 6 heteroatoms. The molecule has 0 fully saturated rings. The Labute approximate surface area is 297 Å². The van der Waals surface area contributed by atoms with Gasteiger partial charge in [0.1, 0.15) is 11.2 Å². The smallest absolute Gasteiger partial charge is 0.238 e. The molecule has 0 unspecified atom stereocenters. The molecule has 5 nitrogen and oxygen atoms in total. The summed E-state index contributed by atoms with van der Waals surface area (Å²) in [5.41, 5.74) is 7.52. The van der Waals surface area contributed by atoms with Crippen LogP contribution in [0.5, 0.6) is 0 Å². The molecule has 0 spiro atoms. The van der Waals surface area contributed by atoms with Gasteiger partial charge in [0.2, 0.25) is 5.95 Å². The van der Waals surface area contributed by atoms with Gasteiger partial charge in [0.05, 0.1) is 11.1 Å². The number of nitrogens with zero attached hydrogens (tertiary/aromatic N) is 4. The highest BCUT2D eigenvalue weighted by Crippen LogP contribution is 2.43. The van der Waals surface area contributed by atoms with Crippen molar-refractivity contribution in [1.82, 2.24) is 15.0 Å². The van der Waals surface area contributed by atoms with Crippen molar-refractivity contribution in [2.24, 2.45) is 0 Å². The molecular weight excluding hydrogens is 645 g/mol. The first kappa shape index (κ1) is 29.3. The highest BCUT2D eigenvalue weighted by Gasteiger charge is 2.24. The summed E-state index contributed by atoms with van der Waals surface area (Å²) >= 11 is 1.80. The molecule has 0 aliphatic carbocycles. The van der Waals surface area contributed by atoms with Crippen LogP contribution in [-0.4, -0.2) is 15.0 Å². The molecule has 0 aliphatic heterocycles. The van der Waals surface area contributed by atoms with Crippen LogP contribution in [0.3, 0.4) is 0 Å². The van der Waals surface area contributed by atoms with Gasteiger partial charge in [-0.2, -0.15) is 9.97 Å². The summed E-state index contributed by atoms with van der Waals surface area (Å²) in [4.78, 5) is 17.8. The molecule has 0 amide bonds. The summed E-state index contributed by atoms with van der Waals surface area (Å²) in [6, 6.07) is 58.5. The molecule has 51 heavy (non-hydrogen) atoms. The van der Waals surface area contributed by atoms with Gasteiger partial charge in [0.25, 0.3) is 0 Å². The fraction of sp³-hybridized carbons (Fsp3) is 0. The van der Waals surface area contributed by atoms with Gasteiger partial charge >= 0.3 is 0 Å². The number of furan rings is 1. The first-order valence-corrected chi connectivity index (χ1v) is 17.7. The Morgan fingerprint density at radius 2 is 1.08 bits per heavy atom. The van der Waals surface area contributed by atoms with Crippen LogP contribution in [0.1, 0.15) is 0 Å². The zero-order valence-corrected chi connectivity index (χ0v) is 28.1. The van der Waals surface area contributed by atoms with Gasteiger partial charge in [-0.05, 0) is 65.7 Å². The Kier molecular flexibility index (Phi) is 6.93. The summed E-state index contributed by atoms with van der Waals surface area (Å²) in [5, 5.41) is 4.44. The number of benzene rings is 7. The quantitative estimate of drug-likeness (QED) is 0.176. The molecule has 10 aromatic rings. The van der Waals surface area contributed by atoms with Crippen molar-refractivity contribution in [1.29, 1.82) is 0 Å². The SMILES string of the molecule is c1ccc(-c2cccc(N(c3nc(-c4ccccc4)nc(-c4ccc5sc6ccccc6c5c4)n3)c3cccc4oc5ccccc5c34)c2)cc1. The standard InChI is InChI=1S/C45H28N4OS/c1-3-13-29(14-4-1)31-17-11-18-33(27-31)49(37-21-12-23-39-42(37)35-20-7-9-22-38(35)50-39)45-47-43(30-15-5-2-6-16-30)46-44(48-45)32-25-26-41-36(28-32)34-19-8-10-24-40(34)51-41/h1-28H. The third kappa shape index (κ3) is 5.12. The van der Waals surface area contributed by atoms with Gasteiger partial charge in [0.15, 0.2) is 11.6 Å². The monoisotopic (exact) mass is 672 g/mol. The molecule has 0 saturated carbocycles. The van der Waals surface area contributed by atoms with E-state index in [1.807, 2.05) is 66.7 Å². The molecule has 3 heterocycles. The van der Waals surface area contributed by atoms with Gasteiger partial charge in [0, 0.05) is 42.4 Å². The minimum atomic E-state index is 0.511. The molecule has 0 radical (unpaired) electrons. The largest absolute Gasteiger partial charge is 0.456 e. The molecule has 0 saturated heterocycles. The van der Waals surface area contributed by atoms with Crippen LogP contribution in [0, 0.1) is 0 Å². The number of para-hydroxylation sites is 1. The topological polar surface area (TPSA) is 55.1 Å². The zero-order chi connectivity index (χ0) is 33.7. The van der Waals surface area contributed by atoms with E-state index in [0.29, 0.717) is 17.6 Å². The highest BCUT2D eigenvalue weighted by atomic mass is 32.1. The molecule has 10 rings (SSSR count). The fourth-order valence-corrected chi connectivity index (χ4v) is 8.02. The molecule has 0 N–H and O–H groups in total. The number of hydrogen-bond donors (Lipinski definition) is 0. The summed E-state index contributed by atoms with van der Waals surface area (Å²) in [6.45, 7) is 0. The first-order valence-electron chi connectivity index (χ1n) is 16.9. The normalized spacial score (nSPS) is 11.5. The van der Waals surface area contributed by atoms with Crippen molar-refractivity contribution in [3.8, 4) is 33.9 Å². The third-order valence-corrected chi connectivity index (χ3v) is 10.5. The van der Waals surface area contributed by atoms with Gasteiger partial charge in [-0.1, -0.05) is 115 Å². The van der Waals surface area contributed by atoms with Crippen molar-refractivity contribution in [2.45, 2.75) is 0 Å². The van der Waals surface area contributed by atoms with Crippen molar-refractivity contribution in [3.63, 3.8) is 0 Å². The van der Waals surface area contributed by atoms with Crippen LogP contribution < -0.4 is 4.90 Å². The van der Waals surface area contributed by atoms with Crippen molar-refractivity contribution in [3.05, 3.63) is 170 Å². The lowest BCUT2D eigenvalue weighted by Crippen LogP contribution is -2.15. The number of rotatable bonds is 6. The number of fused-ring (bicyclic) bond motifs is 6. The van der Waals surface area contributed by atoms with E-state index in [9.17, 15) is 0 Å². The van der Waals surface area contributed by atoms with Crippen molar-refractivity contribution >= 4 is 70.8 Å². The molecular formula is C45H28N4OS. The molecule has 7 aromatic carbocycles. The van der Waals surface area contributed by atoms with Crippen LogP contribution in [0.15, 0.2) is 174 Å².